The standard InChI is InChI=1S/C10H14O3/c1-2-3-4-5-9-8(11)6-7-10(12)13-9/h2,6-7,9-10,12H,1,3-5H2/t9-,10?/m0/s1. The molecule has 0 spiro atoms. The number of aliphatic hydroxyl groups is 1. The molecule has 1 heterocycles. The molecule has 0 radical (unpaired) electrons. The Labute approximate surface area is 77.7 Å². The van der Waals surface area contributed by atoms with Gasteiger partial charge in [-0.1, -0.05) is 6.08 Å². The number of ether oxygens (including phenoxy) is 1. The summed E-state index contributed by atoms with van der Waals surface area (Å²) in [6.07, 6.45) is 5.52. The van der Waals surface area contributed by atoms with E-state index in [1.165, 1.54) is 12.2 Å². The van der Waals surface area contributed by atoms with Gasteiger partial charge in [0.15, 0.2) is 12.1 Å². The minimum atomic E-state index is -0.925. The Morgan fingerprint density at radius 3 is 3.15 bits per heavy atom. The van der Waals surface area contributed by atoms with Gasteiger partial charge in [-0.25, -0.2) is 0 Å². The number of ketones is 1. The van der Waals surface area contributed by atoms with Gasteiger partial charge in [0.25, 0.3) is 0 Å². The third-order valence-electron chi connectivity index (χ3n) is 1.92. The maximum absolute atomic E-state index is 11.2. The molecule has 0 aromatic heterocycles. The second-order valence-electron chi connectivity index (χ2n) is 3.00. The van der Waals surface area contributed by atoms with E-state index in [0.717, 1.165) is 12.8 Å². The lowest BCUT2D eigenvalue weighted by Gasteiger charge is -2.20. The van der Waals surface area contributed by atoms with Gasteiger partial charge < -0.3 is 9.84 Å². The lowest BCUT2D eigenvalue weighted by Crippen LogP contribution is -2.31. The second-order valence-corrected chi connectivity index (χ2v) is 3.00. The molecule has 0 saturated heterocycles. The Balaban J connectivity index is 2.36. The number of hydrogen-bond acceptors (Lipinski definition) is 3. The molecular formula is C10H14O3. The predicted octanol–water partition coefficient (Wildman–Crippen LogP) is 1.19. The number of hydrogen-bond donors (Lipinski definition) is 1. The molecule has 3 nitrogen and oxygen atoms in total. The van der Waals surface area contributed by atoms with Gasteiger partial charge in [-0.2, -0.15) is 0 Å². The molecule has 3 heteroatoms. The zero-order valence-electron chi connectivity index (χ0n) is 7.48. The first-order valence-electron chi connectivity index (χ1n) is 4.40. The Morgan fingerprint density at radius 1 is 1.69 bits per heavy atom. The molecule has 1 unspecified atom stereocenters. The van der Waals surface area contributed by atoms with Crippen LogP contribution < -0.4 is 0 Å². The van der Waals surface area contributed by atoms with Crippen molar-refractivity contribution in [2.24, 2.45) is 0 Å². The van der Waals surface area contributed by atoms with Crippen LogP contribution in [0.25, 0.3) is 0 Å². The van der Waals surface area contributed by atoms with Crippen LogP contribution in [0.4, 0.5) is 0 Å². The molecule has 1 aliphatic heterocycles. The summed E-state index contributed by atoms with van der Waals surface area (Å²) in [6.45, 7) is 3.59. The number of carbonyl (C=O) groups is 1. The fourth-order valence-corrected chi connectivity index (χ4v) is 1.22. The summed E-state index contributed by atoms with van der Waals surface area (Å²) in [5.74, 6) is -0.0608. The van der Waals surface area contributed by atoms with Gasteiger partial charge in [0.2, 0.25) is 0 Å². The van der Waals surface area contributed by atoms with E-state index < -0.39 is 12.4 Å². The monoisotopic (exact) mass is 182 g/mol. The number of carbonyl (C=O) groups excluding carboxylic acids is 1. The lowest BCUT2D eigenvalue weighted by molar-refractivity contribution is -0.148. The SMILES string of the molecule is C=CCCC[C@@H]1OC(O)C=CC1=O. The van der Waals surface area contributed by atoms with Crippen LogP contribution in [-0.4, -0.2) is 23.3 Å². The van der Waals surface area contributed by atoms with Crippen LogP contribution in [-0.2, 0) is 9.53 Å². The zero-order valence-corrected chi connectivity index (χ0v) is 7.48. The molecule has 0 saturated carbocycles. The van der Waals surface area contributed by atoms with E-state index in [4.69, 9.17) is 9.84 Å². The number of aliphatic hydroxyl groups excluding tert-OH is 1. The molecule has 13 heavy (non-hydrogen) atoms. The van der Waals surface area contributed by atoms with Gasteiger partial charge in [-0.3, -0.25) is 4.79 Å². The van der Waals surface area contributed by atoms with Crippen LogP contribution in [0.15, 0.2) is 24.8 Å². The molecule has 0 bridgehead atoms. The fraction of sp³-hybridized carbons (Fsp3) is 0.500. The first kappa shape index (κ1) is 10.2. The average Bonchev–Trinajstić information content (AvgIpc) is 2.11. The van der Waals surface area contributed by atoms with Crippen molar-refractivity contribution in [1.29, 1.82) is 0 Å². The molecule has 0 aliphatic carbocycles. The number of unbranched alkanes of at least 4 members (excludes halogenated alkanes) is 1. The quantitative estimate of drug-likeness (QED) is 0.524. The van der Waals surface area contributed by atoms with Crippen molar-refractivity contribution in [1.82, 2.24) is 0 Å². The van der Waals surface area contributed by atoms with Crippen LogP contribution in [0, 0.1) is 0 Å². The van der Waals surface area contributed by atoms with Gasteiger partial charge >= 0.3 is 0 Å². The first-order chi connectivity index (χ1) is 6.24. The summed E-state index contributed by atoms with van der Waals surface area (Å²) in [7, 11) is 0. The van der Waals surface area contributed by atoms with Gasteiger partial charge in [0.05, 0.1) is 0 Å². The third kappa shape index (κ3) is 3.13. The zero-order chi connectivity index (χ0) is 9.68. The van der Waals surface area contributed by atoms with Gasteiger partial charge in [0, 0.05) is 0 Å². The number of rotatable bonds is 4. The molecule has 0 aromatic carbocycles. The second kappa shape index (κ2) is 4.94. The summed E-state index contributed by atoms with van der Waals surface area (Å²) < 4.78 is 5.03. The summed E-state index contributed by atoms with van der Waals surface area (Å²) in [5, 5.41) is 9.07. The predicted molar refractivity (Wildman–Crippen MR) is 49.1 cm³/mol. The smallest absolute Gasteiger partial charge is 0.184 e. The molecule has 0 fully saturated rings. The highest BCUT2D eigenvalue weighted by molar-refractivity contribution is 5.94. The van der Waals surface area contributed by atoms with E-state index in [1.54, 1.807) is 6.08 Å². The molecule has 1 aliphatic rings. The highest BCUT2D eigenvalue weighted by atomic mass is 16.6. The van der Waals surface area contributed by atoms with Gasteiger partial charge in [-0.05, 0) is 31.4 Å². The van der Waals surface area contributed by atoms with Crippen molar-refractivity contribution in [3.63, 3.8) is 0 Å². The van der Waals surface area contributed by atoms with Crippen molar-refractivity contribution in [2.45, 2.75) is 31.7 Å². The normalized spacial score (nSPS) is 27.6. The molecule has 72 valence electrons. The maximum atomic E-state index is 11.2. The minimum Gasteiger partial charge on any atom is -0.365 e. The Kier molecular flexibility index (Phi) is 3.86. The molecule has 1 N–H and O–H groups in total. The van der Waals surface area contributed by atoms with E-state index in [-0.39, 0.29) is 5.78 Å². The number of allylic oxidation sites excluding steroid dienone is 1. The Bertz CT molecular complexity index is 220. The minimum absolute atomic E-state index is 0.0608. The van der Waals surface area contributed by atoms with Crippen molar-refractivity contribution < 1.29 is 14.6 Å². The summed E-state index contributed by atoms with van der Waals surface area (Å²) >= 11 is 0. The van der Waals surface area contributed by atoms with Crippen LogP contribution in [0.5, 0.6) is 0 Å². The van der Waals surface area contributed by atoms with E-state index in [9.17, 15) is 4.79 Å². The highest BCUT2D eigenvalue weighted by Gasteiger charge is 2.22. The van der Waals surface area contributed by atoms with Gasteiger partial charge in [0.1, 0.15) is 6.10 Å². The molecular weight excluding hydrogens is 168 g/mol. The first-order valence-corrected chi connectivity index (χ1v) is 4.40. The fourth-order valence-electron chi connectivity index (χ4n) is 1.22. The maximum Gasteiger partial charge on any atom is 0.184 e. The largest absolute Gasteiger partial charge is 0.365 e. The Hall–Kier alpha value is -0.930. The molecule has 0 aromatic rings. The topological polar surface area (TPSA) is 46.5 Å². The average molecular weight is 182 g/mol. The molecule has 2 atom stereocenters. The van der Waals surface area contributed by atoms with Crippen LogP contribution >= 0.6 is 0 Å². The van der Waals surface area contributed by atoms with Crippen LogP contribution in [0.2, 0.25) is 0 Å². The summed E-state index contributed by atoms with van der Waals surface area (Å²) in [5.41, 5.74) is 0. The summed E-state index contributed by atoms with van der Waals surface area (Å²) in [4.78, 5) is 11.2. The van der Waals surface area contributed by atoms with Crippen LogP contribution in [0.1, 0.15) is 19.3 Å². The van der Waals surface area contributed by atoms with E-state index in [1.807, 2.05) is 0 Å². The molecule has 0 amide bonds. The van der Waals surface area contributed by atoms with Crippen molar-refractivity contribution in [3.05, 3.63) is 24.8 Å². The molecule has 1 rings (SSSR count). The van der Waals surface area contributed by atoms with Crippen LogP contribution in [0.3, 0.4) is 0 Å². The van der Waals surface area contributed by atoms with E-state index >= 15 is 0 Å². The Morgan fingerprint density at radius 2 is 2.46 bits per heavy atom. The van der Waals surface area contributed by atoms with Crippen molar-refractivity contribution in [3.8, 4) is 0 Å². The van der Waals surface area contributed by atoms with Crippen molar-refractivity contribution in [2.75, 3.05) is 0 Å². The van der Waals surface area contributed by atoms with E-state index in [2.05, 4.69) is 6.58 Å². The lowest BCUT2D eigenvalue weighted by atomic mass is 10.1. The van der Waals surface area contributed by atoms with E-state index in [0.29, 0.717) is 6.42 Å². The van der Waals surface area contributed by atoms with Gasteiger partial charge in [-0.15, -0.1) is 6.58 Å². The third-order valence-corrected chi connectivity index (χ3v) is 1.92. The highest BCUT2D eigenvalue weighted by Crippen LogP contribution is 2.13. The summed E-state index contributed by atoms with van der Waals surface area (Å²) in [6, 6.07) is 0. The van der Waals surface area contributed by atoms with Crippen molar-refractivity contribution >= 4 is 5.78 Å².